The van der Waals surface area contributed by atoms with E-state index < -0.39 is 10.0 Å². The van der Waals surface area contributed by atoms with Crippen LogP contribution in [0.3, 0.4) is 0 Å². The standard InChI is InChI=1S/C13H21ClN2O2S/c1-11(2)15-7-8-19(17,18)16(3)10-12-5-4-6-13(14)9-12/h4-6,9,11,15H,7-8,10H2,1-3H3. The SMILES string of the molecule is CC(C)NCCS(=O)(=O)N(C)Cc1cccc(Cl)c1. The van der Waals surface area contributed by atoms with Crippen LogP contribution in [0.15, 0.2) is 24.3 Å². The second kappa shape index (κ2) is 7.24. The monoisotopic (exact) mass is 304 g/mol. The Labute approximate surface area is 120 Å². The van der Waals surface area contributed by atoms with Gasteiger partial charge in [0.05, 0.1) is 5.75 Å². The van der Waals surface area contributed by atoms with Crippen molar-refractivity contribution in [2.24, 2.45) is 0 Å². The summed E-state index contributed by atoms with van der Waals surface area (Å²) in [7, 11) is -1.65. The van der Waals surface area contributed by atoms with Crippen molar-refractivity contribution in [2.75, 3.05) is 19.3 Å². The van der Waals surface area contributed by atoms with Gasteiger partial charge >= 0.3 is 0 Å². The number of hydrogen-bond acceptors (Lipinski definition) is 3. The molecule has 0 aliphatic carbocycles. The van der Waals surface area contributed by atoms with Crippen molar-refractivity contribution in [1.82, 2.24) is 9.62 Å². The van der Waals surface area contributed by atoms with Crippen LogP contribution in [0.25, 0.3) is 0 Å². The molecule has 0 radical (unpaired) electrons. The van der Waals surface area contributed by atoms with Crippen LogP contribution in [0.4, 0.5) is 0 Å². The smallest absolute Gasteiger partial charge is 0.215 e. The van der Waals surface area contributed by atoms with Gasteiger partial charge in [-0.25, -0.2) is 12.7 Å². The fourth-order valence-electron chi connectivity index (χ4n) is 1.62. The molecule has 0 fully saturated rings. The normalized spacial score (nSPS) is 12.3. The molecule has 1 aromatic carbocycles. The molecule has 0 saturated carbocycles. The number of nitrogens with one attached hydrogen (secondary N) is 1. The average molecular weight is 305 g/mol. The van der Waals surface area contributed by atoms with Crippen molar-refractivity contribution in [1.29, 1.82) is 0 Å². The Morgan fingerprint density at radius 1 is 1.37 bits per heavy atom. The fraction of sp³-hybridized carbons (Fsp3) is 0.538. The summed E-state index contributed by atoms with van der Waals surface area (Å²) < 4.78 is 25.5. The zero-order valence-electron chi connectivity index (χ0n) is 11.6. The first-order valence-corrected chi connectivity index (χ1v) is 8.22. The van der Waals surface area contributed by atoms with E-state index in [0.717, 1.165) is 5.56 Å². The Kier molecular flexibility index (Phi) is 6.26. The molecule has 0 aromatic heterocycles. The predicted octanol–water partition coefficient (Wildman–Crippen LogP) is 2.10. The van der Waals surface area contributed by atoms with E-state index in [9.17, 15) is 8.42 Å². The van der Waals surface area contributed by atoms with E-state index >= 15 is 0 Å². The quantitative estimate of drug-likeness (QED) is 0.839. The van der Waals surface area contributed by atoms with Crippen molar-refractivity contribution in [3.05, 3.63) is 34.9 Å². The first-order valence-electron chi connectivity index (χ1n) is 6.23. The van der Waals surface area contributed by atoms with Crippen LogP contribution in [-0.4, -0.2) is 38.1 Å². The van der Waals surface area contributed by atoms with Crippen LogP contribution in [-0.2, 0) is 16.6 Å². The Balaban J connectivity index is 2.58. The largest absolute Gasteiger partial charge is 0.313 e. The van der Waals surface area contributed by atoms with Crippen LogP contribution in [0, 0.1) is 0 Å². The Morgan fingerprint density at radius 2 is 2.05 bits per heavy atom. The maximum Gasteiger partial charge on any atom is 0.215 e. The van der Waals surface area contributed by atoms with Gasteiger partial charge in [-0.05, 0) is 17.7 Å². The molecule has 0 heterocycles. The van der Waals surface area contributed by atoms with Crippen molar-refractivity contribution < 1.29 is 8.42 Å². The van der Waals surface area contributed by atoms with Gasteiger partial charge in [0.15, 0.2) is 0 Å². The van der Waals surface area contributed by atoms with Crippen LogP contribution in [0.1, 0.15) is 19.4 Å². The van der Waals surface area contributed by atoms with Crippen LogP contribution < -0.4 is 5.32 Å². The Bertz CT molecular complexity index is 503. The highest BCUT2D eigenvalue weighted by atomic mass is 35.5. The topological polar surface area (TPSA) is 49.4 Å². The maximum absolute atomic E-state index is 12.1. The molecule has 108 valence electrons. The van der Waals surface area contributed by atoms with Crippen molar-refractivity contribution in [3.63, 3.8) is 0 Å². The molecule has 6 heteroatoms. The van der Waals surface area contributed by atoms with E-state index in [1.165, 1.54) is 4.31 Å². The van der Waals surface area contributed by atoms with Gasteiger partial charge < -0.3 is 5.32 Å². The number of hydrogen-bond donors (Lipinski definition) is 1. The van der Waals surface area contributed by atoms with Gasteiger partial charge in [0.1, 0.15) is 0 Å². The highest BCUT2D eigenvalue weighted by Crippen LogP contribution is 2.13. The Morgan fingerprint density at radius 3 is 2.63 bits per heavy atom. The van der Waals surface area contributed by atoms with E-state index in [4.69, 9.17) is 11.6 Å². The number of rotatable bonds is 7. The summed E-state index contributed by atoms with van der Waals surface area (Å²) in [6, 6.07) is 7.52. The molecule has 1 rings (SSSR count). The summed E-state index contributed by atoms with van der Waals surface area (Å²) >= 11 is 5.88. The van der Waals surface area contributed by atoms with Crippen LogP contribution in [0.5, 0.6) is 0 Å². The first kappa shape index (κ1) is 16.4. The van der Waals surface area contributed by atoms with Crippen molar-refractivity contribution in [3.8, 4) is 0 Å². The fourth-order valence-corrected chi connectivity index (χ4v) is 2.87. The number of halogens is 1. The van der Waals surface area contributed by atoms with Gasteiger partial charge in [-0.3, -0.25) is 0 Å². The molecule has 4 nitrogen and oxygen atoms in total. The first-order chi connectivity index (χ1) is 8.81. The molecular formula is C13H21ClN2O2S. The van der Waals surface area contributed by atoms with Crippen LogP contribution >= 0.6 is 11.6 Å². The second-order valence-electron chi connectivity index (χ2n) is 4.81. The van der Waals surface area contributed by atoms with Gasteiger partial charge in [0.25, 0.3) is 0 Å². The molecule has 0 bridgehead atoms. The van der Waals surface area contributed by atoms with Gasteiger partial charge in [-0.1, -0.05) is 37.6 Å². The third-order valence-corrected chi connectivity index (χ3v) is 4.72. The molecule has 0 saturated heterocycles. The highest BCUT2D eigenvalue weighted by Gasteiger charge is 2.17. The molecule has 0 spiro atoms. The second-order valence-corrected chi connectivity index (χ2v) is 7.44. The van der Waals surface area contributed by atoms with E-state index in [0.29, 0.717) is 18.1 Å². The van der Waals surface area contributed by atoms with E-state index in [2.05, 4.69) is 5.32 Å². The summed E-state index contributed by atoms with van der Waals surface area (Å²) in [6.45, 7) is 4.77. The summed E-state index contributed by atoms with van der Waals surface area (Å²) in [4.78, 5) is 0. The van der Waals surface area contributed by atoms with Crippen molar-refractivity contribution in [2.45, 2.75) is 26.4 Å². The zero-order chi connectivity index (χ0) is 14.5. The lowest BCUT2D eigenvalue weighted by Gasteiger charge is -2.18. The van der Waals surface area contributed by atoms with Gasteiger partial charge in [0, 0.05) is 31.2 Å². The summed E-state index contributed by atoms with van der Waals surface area (Å²) in [5, 5.41) is 3.72. The third kappa shape index (κ3) is 5.91. The van der Waals surface area contributed by atoms with Gasteiger partial charge in [-0.15, -0.1) is 0 Å². The van der Waals surface area contributed by atoms with Gasteiger partial charge in [-0.2, -0.15) is 0 Å². The summed E-state index contributed by atoms with van der Waals surface area (Å²) in [5.41, 5.74) is 0.885. The lowest BCUT2D eigenvalue weighted by atomic mass is 10.2. The van der Waals surface area contributed by atoms with Crippen LogP contribution in [0.2, 0.25) is 5.02 Å². The number of nitrogens with zero attached hydrogens (tertiary/aromatic N) is 1. The van der Waals surface area contributed by atoms with E-state index in [1.807, 2.05) is 26.0 Å². The Hall–Kier alpha value is -0.620. The summed E-state index contributed by atoms with van der Waals surface area (Å²) in [6.07, 6.45) is 0. The predicted molar refractivity (Wildman–Crippen MR) is 79.8 cm³/mol. The molecule has 0 aliphatic rings. The number of benzene rings is 1. The lowest BCUT2D eigenvalue weighted by molar-refractivity contribution is 0.463. The zero-order valence-corrected chi connectivity index (χ0v) is 13.1. The number of sulfonamides is 1. The molecule has 0 aliphatic heterocycles. The summed E-state index contributed by atoms with van der Waals surface area (Å²) in [5.74, 6) is 0.0995. The minimum Gasteiger partial charge on any atom is -0.313 e. The lowest BCUT2D eigenvalue weighted by Crippen LogP contribution is -2.35. The highest BCUT2D eigenvalue weighted by molar-refractivity contribution is 7.89. The molecule has 0 unspecified atom stereocenters. The molecule has 1 N–H and O–H groups in total. The average Bonchev–Trinajstić information content (AvgIpc) is 2.28. The van der Waals surface area contributed by atoms with E-state index in [1.54, 1.807) is 19.2 Å². The maximum atomic E-state index is 12.1. The van der Waals surface area contributed by atoms with Crippen molar-refractivity contribution >= 4 is 21.6 Å². The molecule has 0 atom stereocenters. The van der Waals surface area contributed by atoms with E-state index in [-0.39, 0.29) is 11.8 Å². The molecule has 19 heavy (non-hydrogen) atoms. The minimum absolute atomic E-state index is 0.0995. The van der Waals surface area contributed by atoms with Gasteiger partial charge in [0.2, 0.25) is 10.0 Å². The minimum atomic E-state index is -3.24. The molecule has 0 amide bonds. The molecular weight excluding hydrogens is 284 g/mol. The molecule has 1 aromatic rings. The third-order valence-electron chi connectivity index (χ3n) is 2.68.